The molecule has 0 radical (unpaired) electrons. The molecule has 8 heteroatoms. The molecular weight excluding hydrogens is 390 g/mol. The number of sulfonamides is 1. The van der Waals surface area contributed by atoms with Crippen molar-refractivity contribution in [2.75, 3.05) is 32.7 Å². The first-order valence-corrected chi connectivity index (χ1v) is 11.7. The van der Waals surface area contributed by atoms with Crippen LogP contribution in [-0.2, 0) is 25.0 Å². The topological polar surface area (TPSA) is 86.8 Å². The number of rotatable bonds is 6. The average Bonchev–Trinajstić information content (AvgIpc) is 3.52. The third kappa shape index (κ3) is 5.57. The Morgan fingerprint density at radius 2 is 1.55 bits per heavy atom. The normalized spacial score (nSPS) is 18.0. The SMILES string of the molecule is CC(C)(C)c1ccc(S(=O)(=O)NCCC(=O)N2CCN(C(=O)C3CC3)CC2)cc1. The first-order valence-electron chi connectivity index (χ1n) is 10.2. The van der Waals surface area contributed by atoms with E-state index in [-0.39, 0.29) is 41.0 Å². The van der Waals surface area contributed by atoms with Crippen molar-refractivity contribution in [2.45, 2.75) is 50.3 Å². The van der Waals surface area contributed by atoms with Gasteiger partial charge in [-0.05, 0) is 36.0 Å². The number of amides is 2. The Kier molecular flexibility index (Phi) is 6.33. The minimum Gasteiger partial charge on any atom is -0.339 e. The van der Waals surface area contributed by atoms with Gasteiger partial charge in [0.15, 0.2) is 0 Å². The van der Waals surface area contributed by atoms with Crippen LogP contribution >= 0.6 is 0 Å². The second-order valence-electron chi connectivity index (χ2n) is 8.90. The van der Waals surface area contributed by atoms with Crippen molar-refractivity contribution >= 4 is 21.8 Å². The molecule has 0 unspecified atom stereocenters. The molecule has 1 aliphatic heterocycles. The number of nitrogens with zero attached hydrogens (tertiary/aromatic N) is 2. The molecule has 1 aromatic carbocycles. The summed E-state index contributed by atoms with van der Waals surface area (Å²) in [6.07, 6.45) is 2.07. The average molecular weight is 422 g/mol. The van der Waals surface area contributed by atoms with E-state index in [1.54, 1.807) is 17.0 Å². The number of piperazine rings is 1. The van der Waals surface area contributed by atoms with Crippen LogP contribution in [0.5, 0.6) is 0 Å². The van der Waals surface area contributed by atoms with Crippen molar-refractivity contribution in [3.05, 3.63) is 29.8 Å². The van der Waals surface area contributed by atoms with Crippen molar-refractivity contribution in [3.63, 3.8) is 0 Å². The summed E-state index contributed by atoms with van der Waals surface area (Å²) in [7, 11) is -3.65. The summed E-state index contributed by atoms with van der Waals surface area (Å²) in [6.45, 7) is 8.42. The fourth-order valence-corrected chi connectivity index (χ4v) is 4.46. The van der Waals surface area contributed by atoms with Gasteiger partial charge in [-0.15, -0.1) is 0 Å². The summed E-state index contributed by atoms with van der Waals surface area (Å²) in [5.41, 5.74) is 1.01. The van der Waals surface area contributed by atoms with E-state index >= 15 is 0 Å². The van der Waals surface area contributed by atoms with Crippen LogP contribution in [0.1, 0.15) is 45.6 Å². The van der Waals surface area contributed by atoms with Crippen LogP contribution in [0, 0.1) is 5.92 Å². The van der Waals surface area contributed by atoms with Gasteiger partial charge in [0.05, 0.1) is 4.90 Å². The molecule has 0 aromatic heterocycles. The zero-order chi connectivity index (χ0) is 21.2. The molecule has 0 spiro atoms. The molecule has 1 aliphatic carbocycles. The Morgan fingerprint density at radius 3 is 2.07 bits per heavy atom. The molecule has 2 fully saturated rings. The monoisotopic (exact) mass is 421 g/mol. The standard InChI is InChI=1S/C21H31N3O4S/c1-21(2,3)17-6-8-18(9-7-17)29(27,28)22-11-10-19(25)23-12-14-24(15-13-23)20(26)16-4-5-16/h6-9,16,22H,4-5,10-15H2,1-3H3. The van der Waals surface area contributed by atoms with Crippen LogP contribution < -0.4 is 4.72 Å². The molecule has 1 saturated heterocycles. The highest BCUT2D eigenvalue weighted by Gasteiger charge is 2.35. The fourth-order valence-electron chi connectivity index (χ4n) is 3.43. The maximum absolute atomic E-state index is 12.5. The van der Waals surface area contributed by atoms with Crippen molar-refractivity contribution in [2.24, 2.45) is 5.92 Å². The van der Waals surface area contributed by atoms with Crippen LogP contribution in [0.4, 0.5) is 0 Å². The van der Waals surface area contributed by atoms with E-state index in [1.807, 2.05) is 17.0 Å². The zero-order valence-electron chi connectivity index (χ0n) is 17.5. The minimum atomic E-state index is -3.65. The summed E-state index contributed by atoms with van der Waals surface area (Å²) in [4.78, 5) is 28.2. The highest BCUT2D eigenvalue weighted by atomic mass is 32.2. The van der Waals surface area contributed by atoms with E-state index in [9.17, 15) is 18.0 Å². The van der Waals surface area contributed by atoms with E-state index in [0.717, 1.165) is 18.4 Å². The summed E-state index contributed by atoms with van der Waals surface area (Å²) in [6, 6.07) is 6.84. The smallest absolute Gasteiger partial charge is 0.240 e. The van der Waals surface area contributed by atoms with Gasteiger partial charge in [0.2, 0.25) is 21.8 Å². The molecule has 0 atom stereocenters. The second kappa shape index (κ2) is 8.44. The van der Waals surface area contributed by atoms with Crippen molar-refractivity contribution in [3.8, 4) is 0 Å². The molecule has 7 nitrogen and oxygen atoms in total. The van der Waals surface area contributed by atoms with Gasteiger partial charge in [-0.25, -0.2) is 13.1 Å². The van der Waals surface area contributed by atoms with Gasteiger partial charge < -0.3 is 9.80 Å². The molecule has 1 N–H and O–H groups in total. The second-order valence-corrected chi connectivity index (χ2v) is 10.7. The first-order chi connectivity index (χ1) is 13.6. The molecule has 160 valence electrons. The predicted molar refractivity (Wildman–Crippen MR) is 111 cm³/mol. The van der Waals surface area contributed by atoms with Gasteiger partial charge in [-0.1, -0.05) is 32.9 Å². The third-order valence-corrected chi connectivity index (χ3v) is 7.01. The first kappa shape index (κ1) is 21.8. The molecule has 1 heterocycles. The molecule has 1 saturated carbocycles. The Bertz CT molecular complexity index is 847. The highest BCUT2D eigenvalue weighted by molar-refractivity contribution is 7.89. The number of nitrogens with one attached hydrogen (secondary N) is 1. The number of hydrogen-bond acceptors (Lipinski definition) is 4. The molecule has 2 amide bonds. The van der Waals surface area contributed by atoms with Crippen LogP contribution in [-0.4, -0.2) is 62.8 Å². The Balaban J connectivity index is 1.45. The van der Waals surface area contributed by atoms with E-state index in [4.69, 9.17) is 0 Å². The van der Waals surface area contributed by atoms with Crippen LogP contribution in [0.2, 0.25) is 0 Å². The number of carbonyl (C=O) groups excluding carboxylic acids is 2. The van der Waals surface area contributed by atoms with Crippen LogP contribution in [0.3, 0.4) is 0 Å². The largest absolute Gasteiger partial charge is 0.339 e. The van der Waals surface area contributed by atoms with Gasteiger partial charge in [0.1, 0.15) is 0 Å². The summed E-state index contributed by atoms with van der Waals surface area (Å²) in [5, 5.41) is 0. The van der Waals surface area contributed by atoms with Crippen LogP contribution in [0.25, 0.3) is 0 Å². The fraction of sp³-hybridized carbons (Fsp3) is 0.619. The lowest BCUT2D eigenvalue weighted by Crippen LogP contribution is -2.51. The summed E-state index contributed by atoms with van der Waals surface area (Å²) >= 11 is 0. The van der Waals surface area contributed by atoms with Gasteiger partial charge in [0.25, 0.3) is 0 Å². The highest BCUT2D eigenvalue weighted by Crippen LogP contribution is 2.31. The summed E-state index contributed by atoms with van der Waals surface area (Å²) < 4.78 is 27.4. The number of benzene rings is 1. The lowest BCUT2D eigenvalue weighted by molar-refractivity contribution is -0.140. The van der Waals surface area contributed by atoms with Crippen molar-refractivity contribution in [1.82, 2.24) is 14.5 Å². The van der Waals surface area contributed by atoms with E-state index in [2.05, 4.69) is 25.5 Å². The van der Waals surface area contributed by atoms with Gasteiger partial charge in [-0.2, -0.15) is 0 Å². The van der Waals surface area contributed by atoms with E-state index in [0.29, 0.717) is 26.2 Å². The lowest BCUT2D eigenvalue weighted by Gasteiger charge is -2.35. The molecule has 3 rings (SSSR count). The van der Waals surface area contributed by atoms with Gasteiger partial charge in [0, 0.05) is 45.1 Å². The quantitative estimate of drug-likeness (QED) is 0.758. The molecule has 0 bridgehead atoms. The van der Waals surface area contributed by atoms with E-state index < -0.39 is 10.0 Å². The molecule has 29 heavy (non-hydrogen) atoms. The molecule has 1 aromatic rings. The molecular formula is C21H31N3O4S. The zero-order valence-corrected chi connectivity index (χ0v) is 18.3. The molecule has 2 aliphatic rings. The lowest BCUT2D eigenvalue weighted by atomic mass is 9.87. The summed E-state index contributed by atoms with van der Waals surface area (Å²) in [5.74, 6) is 0.320. The van der Waals surface area contributed by atoms with Crippen molar-refractivity contribution < 1.29 is 18.0 Å². The maximum Gasteiger partial charge on any atom is 0.240 e. The maximum atomic E-state index is 12.5. The Labute approximate surface area is 173 Å². The minimum absolute atomic E-state index is 0.0462. The number of carbonyl (C=O) groups is 2. The number of hydrogen-bond donors (Lipinski definition) is 1. The Morgan fingerprint density at radius 1 is 1.00 bits per heavy atom. The third-order valence-electron chi connectivity index (χ3n) is 5.53. The van der Waals surface area contributed by atoms with E-state index in [1.165, 1.54) is 0 Å². The van der Waals surface area contributed by atoms with Crippen LogP contribution in [0.15, 0.2) is 29.2 Å². The van der Waals surface area contributed by atoms with Gasteiger partial charge >= 0.3 is 0 Å². The van der Waals surface area contributed by atoms with Crippen molar-refractivity contribution in [1.29, 1.82) is 0 Å². The Hall–Kier alpha value is -1.93. The predicted octanol–water partition coefficient (Wildman–Crippen LogP) is 1.73. The van der Waals surface area contributed by atoms with Gasteiger partial charge in [-0.3, -0.25) is 9.59 Å².